The van der Waals surface area contributed by atoms with Gasteiger partial charge in [0.2, 0.25) is 11.8 Å². The van der Waals surface area contributed by atoms with E-state index in [0.29, 0.717) is 24.2 Å². The molecule has 3 N–H and O–H groups in total. The van der Waals surface area contributed by atoms with Gasteiger partial charge in [-0.15, -0.1) is 0 Å². The number of amides is 2. The van der Waals surface area contributed by atoms with Crippen LogP contribution in [-0.4, -0.2) is 21.8 Å². The Bertz CT molecular complexity index is 835. The molecule has 3 aromatic rings. The molecule has 2 amide bonds. The minimum Gasteiger partial charge on any atom is -0.342 e. The third kappa shape index (κ3) is 3.98. The van der Waals surface area contributed by atoms with Crippen molar-refractivity contribution in [3.05, 3.63) is 54.4 Å². The normalized spacial score (nSPS) is 10.5. The average Bonchev–Trinajstić information content (AvgIpc) is 2.97. The monoisotopic (exact) mass is 322 g/mol. The van der Waals surface area contributed by atoms with Crippen molar-refractivity contribution in [1.29, 1.82) is 0 Å². The maximum atomic E-state index is 12.0. The number of hydrogen-bond acceptors (Lipinski definition) is 3. The number of hydrogen-bond donors (Lipinski definition) is 3. The van der Waals surface area contributed by atoms with Crippen molar-refractivity contribution < 1.29 is 9.59 Å². The molecular formula is C18H18N4O2. The van der Waals surface area contributed by atoms with Crippen molar-refractivity contribution in [2.24, 2.45) is 0 Å². The van der Waals surface area contributed by atoms with Crippen LogP contribution in [0.15, 0.2) is 48.5 Å². The largest absolute Gasteiger partial charge is 0.342 e. The standard InChI is InChI=1S/C18H18N4O2/c1-12(23)19-13-6-8-14(9-7-13)20-18(24)11-10-17-21-15-4-2-3-5-16(15)22-17/h2-9H,10-11H2,1H3,(H,19,23)(H,20,24)(H,21,22). The van der Waals surface area contributed by atoms with Crippen molar-refractivity contribution >= 4 is 34.2 Å². The smallest absolute Gasteiger partial charge is 0.224 e. The number of imidazole rings is 1. The Morgan fingerprint density at radius 2 is 1.67 bits per heavy atom. The Hall–Kier alpha value is -3.15. The van der Waals surface area contributed by atoms with E-state index in [9.17, 15) is 9.59 Å². The summed E-state index contributed by atoms with van der Waals surface area (Å²) in [5.41, 5.74) is 3.27. The van der Waals surface area contributed by atoms with Gasteiger partial charge in [0.1, 0.15) is 5.82 Å². The number of anilines is 2. The third-order valence-corrected chi connectivity index (χ3v) is 3.52. The van der Waals surface area contributed by atoms with Crippen LogP contribution in [0.2, 0.25) is 0 Å². The molecule has 1 heterocycles. The first-order chi connectivity index (χ1) is 11.6. The van der Waals surface area contributed by atoms with Crippen molar-refractivity contribution in [1.82, 2.24) is 9.97 Å². The predicted octanol–water partition coefficient (Wildman–Crippen LogP) is 3.09. The van der Waals surface area contributed by atoms with Gasteiger partial charge in [0.05, 0.1) is 11.0 Å². The second kappa shape index (κ2) is 6.95. The minimum absolute atomic E-state index is 0.0808. The summed E-state index contributed by atoms with van der Waals surface area (Å²) in [7, 11) is 0. The van der Waals surface area contributed by atoms with Gasteiger partial charge in [-0.05, 0) is 36.4 Å². The van der Waals surface area contributed by atoms with Crippen molar-refractivity contribution in [2.75, 3.05) is 10.6 Å². The van der Waals surface area contributed by atoms with E-state index in [4.69, 9.17) is 0 Å². The maximum absolute atomic E-state index is 12.0. The van der Waals surface area contributed by atoms with Gasteiger partial charge in [-0.25, -0.2) is 4.98 Å². The maximum Gasteiger partial charge on any atom is 0.224 e. The Balaban J connectivity index is 1.54. The first-order valence-corrected chi connectivity index (χ1v) is 7.71. The van der Waals surface area contributed by atoms with Crippen LogP contribution in [0, 0.1) is 0 Å². The second-order valence-corrected chi connectivity index (χ2v) is 5.51. The molecule has 3 rings (SSSR count). The fourth-order valence-electron chi connectivity index (χ4n) is 2.42. The molecule has 0 aliphatic carbocycles. The summed E-state index contributed by atoms with van der Waals surface area (Å²) in [6.07, 6.45) is 0.887. The third-order valence-electron chi connectivity index (χ3n) is 3.52. The molecule has 6 heteroatoms. The molecule has 0 radical (unpaired) electrons. The lowest BCUT2D eigenvalue weighted by atomic mass is 10.2. The van der Waals surface area contributed by atoms with Gasteiger partial charge in [0.25, 0.3) is 0 Å². The molecule has 24 heavy (non-hydrogen) atoms. The Morgan fingerprint density at radius 3 is 2.33 bits per heavy atom. The van der Waals surface area contributed by atoms with Crippen LogP contribution < -0.4 is 10.6 Å². The van der Waals surface area contributed by atoms with E-state index in [2.05, 4.69) is 20.6 Å². The number of H-pyrrole nitrogens is 1. The number of aromatic amines is 1. The number of nitrogens with zero attached hydrogens (tertiary/aromatic N) is 1. The average molecular weight is 322 g/mol. The van der Waals surface area contributed by atoms with Gasteiger partial charge >= 0.3 is 0 Å². The summed E-state index contributed by atoms with van der Waals surface area (Å²) in [5, 5.41) is 5.51. The van der Waals surface area contributed by atoms with Crippen LogP contribution >= 0.6 is 0 Å². The van der Waals surface area contributed by atoms with E-state index in [1.165, 1.54) is 6.92 Å². The first-order valence-electron chi connectivity index (χ1n) is 7.71. The molecule has 0 aliphatic rings. The summed E-state index contributed by atoms with van der Waals surface area (Å²) in [6.45, 7) is 1.45. The quantitative estimate of drug-likeness (QED) is 0.674. The number of benzene rings is 2. The Labute approximate surface area is 139 Å². The molecule has 0 saturated carbocycles. The molecule has 6 nitrogen and oxygen atoms in total. The van der Waals surface area contributed by atoms with Crippen LogP contribution in [-0.2, 0) is 16.0 Å². The van der Waals surface area contributed by atoms with E-state index < -0.39 is 0 Å². The van der Waals surface area contributed by atoms with Gasteiger partial charge in [-0.3, -0.25) is 9.59 Å². The summed E-state index contributed by atoms with van der Waals surface area (Å²) in [4.78, 5) is 30.7. The lowest BCUT2D eigenvalue weighted by molar-refractivity contribution is -0.116. The summed E-state index contributed by atoms with van der Waals surface area (Å²) in [5.74, 6) is 0.590. The Kier molecular flexibility index (Phi) is 4.56. The van der Waals surface area contributed by atoms with Gasteiger partial charge in [0, 0.05) is 31.1 Å². The van der Waals surface area contributed by atoms with Crippen LogP contribution in [0.1, 0.15) is 19.2 Å². The SMILES string of the molecule is CC(=O)Nc1ccc(NC(=O)CCc2nc3ccccc3[nH]2)cc1. The molecule has 2 aromatic carbocycles. The van der Waals surface area contributed by atoms with Crippen molar-refractivity contribution in [2.45, 2.75) is 19.8 Å². The fraction of sp³-hybridized carbons (Fsp3) is 0.167. The highest BCUT2D eigenvalue weighted by Crippen LogP contribution is 2.15. The predicted molar refractivity (Wildman–Crippen MR) is 93.8 cm³/mol. The van der Waals surface area contributed by atoms with Crippen molar-refractivity contribution in [3.8, 4) is 0 Å². The second-order valence-electron chi connectivity index (χ2n) is 5.51. The molecule has 0 fully saturated rings. The van der Waals surface area contributed by atoms with E-state index in [1.54, 1.807) is 24.3 Å². The molecule has 0 spiro atoms. The number of nitrogens with one attached hydrogen (secondary N) is 3. The number of carbonyl (C=O) groups is 2. The lowest BCUT2D eigenvalue weighted by Gasteiger charge is -2.06. The van der Waals surface area contributed by atoms with E-state index in [-0.39, 0.29) is 11.8 Å². The number of rotatable bonds is 5. The Morgan fingerprint density at radius 1 is 1.00 bits per heavy atom. The van der Waals surface area contributed by atoms with Gasteiger partial charge in [0.15, 0.2) is 0 Å². The fourth-order valence-corrected chi connectivity index (χ4v) is 2.42. The molecule has 0 bridgehead atoms. The zero-order valence-electron chi connectivity index (χ0n) is 13.3. The van der Waals surface area contributed by atoms with Gasteiger partial charge in [-0.2, -0.15) is 0 Å². The lowest BCUT2D eigenvalue weighted by Crippen LogP contribution is -2.13. The van der Waals surface area contributed by atoms with E-state index >= 15 is 0 Å². The number of fused-ring (bicyclic) bond motifs is 1. The highest BCUT2D eigenvalue weighted by atomic mass is 16.2. The van der Waals surface area contributed by atoms with Gasteiger partial charge < -0.3 is 15.6 Å². The highest BCUT2D eigenvalue weighted by molar-refractivity contribution is 5.92. The van der Waals surface area contributed by atoms with E-state index in [1.807, 2.05) is 24.3 Å². The molecule has 0 unspecified atom stereocenters. The zero-order valence-corrected chi connectivity index (χ0v) is 13.3. The molecular weight excluding hydrogens is 304 g/mol. The summed E-state index contributed by atoms with van der Waals surface area (Å²) >= 11 is 0. The highest BCUT2D eigenvalue weighted by Gasteiger charge is 2.07. The number of aryl methyl sites for hydroxylation is 1. The minimum atomic E-state index is -0.127. The summed E-state index contributed by atoms with van der Waals surface area (Å²) < 4.78 is 0. The van der Waals surface area contributed by atoms with Crippen LogP contribution in [0.4, 0.5) is 11.4 Å². The molecule has 1 aromatic heterocycles. The zero-order chi connectivity index (χ0) is 16.9. The number of aromatic nitrogens is 2. The topological polar surface area (TPSA) is 86.9 Å². The molecule has 122 valence electrons. The van der Waals surface area contributed by atoms with Gasteiger partial charge in [-0.1, -0.05) is 12.1 Å². The van der Waals surface area contributed by atoms with E-state index in [0.717, 1.165) is 16.9 Å². The number of carbonyl (C=O) groups excluding carboxylic acids is 2. The molecule has 0 atom stereocenters. The van der Waals surface area contributed by atoms with Crippen LogP contribution in [0.5, 0.6) is 0 Å². The van der Waals surface area contributed by atoms with Crippen LogP contribution in [0.25, 0.3) is 11.0 Å². The van der Waals surface area contributed by atoms with Crippen LogP contribution in [0.3, 0.4) is 0 Å². The van der Waals surface area contributed by atoms with Crippen molar-refractivity contribution in [3.63, 3.8) is 0 Å². The first kappa shape index (κ1) is 15.7. The molecule has 0 saturated heterocycles. The summed E-state index contributed by atoms with van der Waals surface area (Å²) in [6, 6.07) is 14.8. The molecule has 0 aliphatic heterocycles. The number of para-hydroxylation sites is 2.